The van der Waals surface area contributed by atoms with Crippen LogP contribution in [-0.2, 0) is 6.42 Å². The Labute approximate surface area is 118 Å². The maximum absolute atomic E-state index is 3.72. The number of hydrogen-bond donors (Lipinski definition) is 1. The Morgan fingerprint density at radius 3 is 2.74 bits per heavy atom. The summed E-state index contributed by atoms with van der Waals surface area (Å²) in [6.45, 7) is 7.82. The highest BCUT2D eigenvalue weighted by Crippen LogP contribution is 2.32. The van der Waals surface area contributed by atoms with E-state index in [2.05, 4.69) is 62.3 Å². The summed E-state index contributed by atoms with van der Waals surface area (Å²) in [5.41, 5.74) is 3.05. The van der Waals surface area contributed by atoms with Gasteiger partial charge in [-0.15, -0.1) is 0 Å². The first-order valence-corrected chi connectivity index (χ1v) is 7.68. The van der Waals surface area contributed by atoms with E-state index in [1.54, 1.807) is 0 Å². The molecular formula is C17H28N2. The number of aryl methyl sites for hydroxylation is 1. The summed E-state index contributed by atoms with van der Waals surface area (Å²) >= 11 is 0. The Hall–Kier alpha value is -0.860. The molecule has 19 heavy (non-hydrogen) atoms. The van der Waals surface area contributed by atoms with Crippen LogP contribution in [-0.4, -0.2) is 30.6 Å². The van der Waals surface area contributed by atoms with E-state index >= 15 is 0 Å². The van der Waals surface area contributed by atoms with Gasteiger partial charge in [-0.05, 0) is 57.8 Å². The van der Waals surface area contributed by atoms with Gasteiger partial charge in [-0.25, -0.2) is 0 Å². The molecule has 0 radical (unpaired) electrons. The van der Waals surface area contributed by atoms with E-state index < -0.39 is 0 Å². The molecule has 0 heterocycles. The van der Waals surface area contributed by atoms with Crippen LogP contribution >= 0.6 is 0 Å². The SMILES string of the molecule is CCNC1c2ccccc2CCCC1N(C)C(C)C. The number of hydrogen-bond acceptors (Lipinski definition) is 2. The number of rotatable bonds is 4. The summed E-state index contributed by atoms with van der Waals surface area (Å²) in [5, 5.41) is 3.72. The predicted molar refractivity (Wildman–Crippen MR) is 82.5 cm³/mol. The lowest BCUT2D eigenvalue weighted by atomic mass is 9.94. The summed E-state index contributed by atoms with van der Waals surface area (Å²) in [5.74, 6) is 0. The molecule has 1 aromatic rings. The molecule has 2 unspecified atom stereocenters. The summed E-state index contributed by atoms with van der Waals surface area (Å²) in [4.78, 5) is 2.54. The molecule has 1 aliphatic carbocycles. The minimum atomic E-state index is 0.469. The number of benzene rings is 1. The largest absolute Gasteiger partial charge is 0.309 e. The number of nitrogens with one attached hydrogen (secondary N) is 1. The molecule has 0 amide bonds. The minimum Gasteiger partial charge on any atom is -0.309 e. The molecule has 1 N–H and O–H groups in total. The number of fused-ring (bicyclic) bond motifs is 1. The molecule has 1 aliphatic rings. The molecule has 0 aromatic heterocycles. The monoisotopic (exact) mass is 260 g/mol. The van der Waals surface area contributed by atoms with Crippen LogP contribution < -0.4 is 5.32 Å². The molecule has 1 aromatic carbocycles. The van der Waals surface area contributed by atoms with E-state index in [-0.39, 0.29) is 0 Å². The van der Waals surface area contributed by atoms with Gasteiger partial charge in [0, 0.05) is 18.1 Å². The smallest absolute Gasteiger partial charge is 0.0480 e. The fourth-order valence-electron chi connectivity index (χ4n) is 3.23. The zero-order chi connectivity index (χ0) is 13.8. The maximum Gasteiger partial charge on any atom is 0.0480 e. The highest BCUT2D eigenvalue weighted by atomic mass is 15.2. The van der Waals surface area contributed by atoms with Crippen LogP contribution in [0.4, 0.5) is 0 Å². The molecule has 106 valence electrons. The van der Waals surface area contributed by atoms with Gasteiger partial charge in [0.05, 0.1) is 0 Å². The summed E-state index contributed by atoms with van der Waals surface area (Å²) in [6, 6.07) is 10.6. The minimum absolute atomic E-state index is 0.469. The van der Waals surface area contributed by atoms with Crippen LogP contribution in [0.3, 0.4) is 0 Å². The molecule has 0 aliphatic heterocycles. The molecule has 0 saturated heterocycles. The second-order valence-electron chi connectivity index (χ2n) is 5.95. The van der Waals surface area contributed by atoms with Crippen molar-refractivity contribution in [3.05, 3.63) is 35.4 Å². The normalized spacial score (nSPS) is 23.5. The van der Waals surface area contributed by atoms with E-state index in [1.807, 2.05) is 0 Å². The molecule has 0 bridgehead atoms. The van der Waals surface area contributed by atoms with Crippen LogP contribution in [0.25, 0.3) is 0 Å². The van der Waals surface area contributed by atoms with Gasteiger partial charge in [-0.1, -0.05) is 31.2 Å². The van der Waals surface area contributed by atoms with Crippen molar-refractivity contribution in [2.75, 3.05) is 13.6 Å². The van der Waals surface area contributed by atoms with Gasteiger partial charge in [0.25, 0.3) is 0 Å². The maximum atomic E-state index is 3.72. The first-order chi connectivity index (χ1) is 9.15. The van der Waals surface area contributed by atoms with E-state index in [4.69, 9.17) is 0 Å². The number of nitrogens with zero attached hydrogens (tertiary/aromatic N) is 1. The van der Waals surface area contributed by atoms with E-state index in [1.165, 1.54) is 30.4 Å². The highest BCUT2D eigenvalue weighted by molar-refractivity contribution is 5.32. The Balaban J connectivity index is 2.34. The summed E-state index contributed by atoms with van der Waals surface area (Å²) in [7, 11) is 2.27. The summed E-state index contributed by atoms with van der Waals surface area (Å²) in [6.07, 6.45) is 3.79. The van der Waals surface area contributed by atoms with Crippen molar-refractivity contribution in [2.45, 2.75) is 58.2 Å². The second kappa shape index (κ2) is 6.53. The quantitative estimate of drug-likeness (QED) is 0.835. The van der Waals surface area contributed by atoms with Crippen molar-refractivity contribution in [2.24, 2.45) is 0 Å². The van der Waals surface area contributed by atoms with Crippen LogP contribution in [0.1, 0.15) is 50.8 Å². The van der Waals surface area contributed by atoms with E-state index in [9.17, 15) is 0 Å². The van der Waals surface area contributed by atoms with Crippen molar-refractivity contribution in [3.8, 4) is 0 Å². The molecule has 2 rings (SSSR count). The first-order valence-electron chi connectivity index (χ1n) is 7.68. The topological polar surface area (TPSA) is 15.3 Å². The van der Waals surface area contributed by atoms with Crippen LogP contribution in [0.15, 0.2) is 24.3 Å². The summed E-state index contributed by atoms with van der Waals surface area (Å²) < 4.78 is 0. The lowest BCUT2D eigenvalue weighted by molar-refractivity contribution is 0.147. The van der Waals surface area contributed by atoms with Gasteiger partial charge < -0.3 is 5.32 Å². The lowest BCUT2D eigenvalue weighted by Crippen LogP contribution is -2.45. The van der Waals surface area contributed by atoms with Crippen LogP contribution in [0.2, 0.25) is 0 Å². The Kier molecular flexibility index (Phi) is 5.00. The highest BCUT2D eigenvalue weighted by Gasteiger charge is 2.30. The van der Waals surface area contributed by atoms with Crippen molar-refractivity contribution in [1.82, 2.24) is 10.2 Å². The lowest BCUT2D eigenvalue weighted by Gasteiger charge is -2.37. The predicted octanol–water partition coefficient (Wildman–Crippen LogP) is 3.38. The van der Waals surface area contributed by atoms with Crippen molar-refractivity contribution in [1.29, 1.82) is 0 Å². The van der Waals surface area contributed by atoms with Gasteiger partial charge in [-0.2, -0.15) is 0 Å². The molecule has 2 heteroatoms. The fraction of sp³-hybridized carbons (Fsp3) is 0.647. The van der Waals surface area contributed by atoms with Crippen molar-refractivity contribution < 1.29 is 0 Å². The van der Waals surface area contributed by atoms with Crippen molar-refractivity contribution >= 4 is 0 Å². The standard InChI is InChI=1S/C17H28N2/c1-5-18-17-15-11-7-6-9-14(15)10-8-12-16(17)19(4)13(2)3/h6-7,9,11,13,16-18H,5,8,10,12H2,1-4H3. The van der Waals surface area contributed by atoms with E-state index in [0.717, 1.165) is 6.54 Å². The first kappa shape index (κ1) is 14.5. The molecule has 2 nitrogen and oxygen atoms in total. The van der Waals surface area contributed by atoms with Gasteiger partial charge in [-0.3, -0.25) is 4.90 Å². The molecule has 0 saturated carbocycles. The molecular weight excluding hydrogens is 232 g/mol. The van der Waals surface area contributed by atoms with Gasteiger partial charge in [0.1, 0.15) is 0 Å². The third-order valence-electron chi connectivity index (χ3n) is 4.48. The Morgan fingerprint density at radius 2 is 2.05 bits per heavy atom. The van der Waals surface area contributed by atoms with Gasteiger partial charge >= 0.3 is 0 Å². The van der Waals surface area contributed by atoms with Crippen molar-refractivity contribution in [3.63, 3.8) is 0 Å². The Morgan fingerprint density at radius 1 is 1.32 bits per heavy atom. The fourth-order valence-corrected chi connectivity index (χ4v) is 3.23. The third-order valence-corrected chi connectivity index (χ3v) is 4.48. The third kappa shape index (κ3) is 3.18. The zero-order valence-electron chi connectivity index (χ0n) is 12.8. The molecule has 0 fully saturated rings. The zero-order valence-corrected chi connectivity index (χ0v) is 12.8. The van der Waals surface area contributed by atoms with E-state index in [0.29, 0.717) is 18.1 Å². The molecule has 0 spiro atoms. The second-order valence-corrected chi connectivity index (χ2v) is 5.95. The van der Waals surface area contributed by atoms with Crippen LogP contribution in [0, 0.1) is 0 Å². The van der Waals surface area contributed by atoms with Crippen LogP contribution in [0.5, 0.6) is 0 Å². The molecule has 2 atom stereocenters. The number of likely N-dealkylation sites (N-methyl/N-ethyl adjacent to an activating group) is 2. The van der Waals surface area contributed by atoms with Gasteiger partial charge in [0.2, 0.25) is 0 Å². The van der Waals surface area contributed by atoms with Gasteiger partial charge in [0.15, 0.2) is 0 Å². The average Bonchev–Trinajstić information content (AvgIpc) is 2.58. The Bertz CT molecular complexity index is 400. The average molecular weight is 260 g/mol.